The molecule has 8 heteroatoms. The third-order valence-electron chi connectivity index (χ3n) is 5.76. The van der Waals surface area contributed by atoms with Crippen molar-refractivity contribution in [3.8, 4) is 0 Å². The summed E-state index contributed by atoms with van der Waals surface area (Å²) >= 11 is 0. The van der Waals surface area contributed by atoms with Crippen LogP contribution in [0, 0.1) is 5.92 Å². The molecule has 1 aliphatic carbocycles. The van der Waals surface area contributed by atoms with Crippen LogP contribution in [0.15, 0.2) is 0 Å². The predicted molar refractivity (Wildman–Crippen MR) is 80.9 cm³/mol. The average molecular weight is 348 g/mol. The first-order valence-corrected chi connectivity index (χ1v) is 8.43. The van der Waals surface area contributed by atoms with E-state index >= 15 is 0 Å². The standard InChI is InChI=1S/C16H28O8/c1-15(2)7-4-10(16(3,24-15)5-8(7)18)23-14-13(21)12(20)11(19)9(6-17)22-14/h7-14,17-21H,4-6H2,1-3H3/t7-,8+,9+,10+,11+,12-,13+,14-,16-/m0/s1. The van der Waals surface area contributed by atoms with E-state index in [4.69, 9.17) is 14.2 Å². The monoisotopic (exact) mass is 348 g/mol. The van der Waals surface area contributed by atoms with Crippen molar-refractivity contribution in [3.63, 3.8) is 0 Å². The summed E-state index contributed by atoms with van der Waals surface area (Å²) in [7, 11) is 0. The van der Waals surface area contributed by atoms with E-state index < -0.39 is 60.7 Å². The van der Waals surface area contributed by atoms with Crippen molar-refractivity contribution in [2.45, 2.75) is 87.7 Å². The minimum absolute atomic E-state index is 0.116. The van der Waals surface area contributed by atoms with E-state index in [0.29, 0.717) is 12.8 Å². The minimum Gasteiger partial charge on any atom is -0.394 e. The molecule has 4 rings (SSSR count). The number of hydrogen-bond donors (Lipinski definition) is 5. The van der Waals surface area contributed by atoms with E-state index in [1.165, 1.54) is 0 Å². The minimum atomic E-state index is -1.47. The Morgan fingerprint density at radius 3 is 2.25 bits per heavy atom. The second-order valence-corrected chi connectivity index (χ2v) is 7.95. The molecule has 0 aromatic rings. The van der Waals surface area contributed by atoms with Gasteiger partial charge < -0.3 is 39.7 Å². The Hall–Kier alpha value is -0.320. The maximum absolute atomic E-state index is 10.3. The fourth-order valence-corrected chi connectivity index (χ4v) is 4.40. The van der Waals surface area contributed by atoms with E-state index in [1.54, 1.807) is 0 Å². The molecule has 4 aliphatic rings. The molecule has 24 heavy (non-hydrogen) atoms. The zero-order valence-electron chi connectivity index (χ0n) is 14.2. The first kappa shape index (κ1) is 18.5. The normalized spacial score (nSPS) is 54.0. The Morgan fingerprint density at radius 2 is 1.71 bits per heavy atom. The van der Waals surface area contributed by atoms with Gasteiger partial charge >= 0.3 is 0 Å². The van der Waals surface area contributed by atoms with Crippen molar-refractivity contribution < 1.29 is 39.7 Å². The highest BCUT2D eigenvalue weighted by Crippen LogP contribution is 2.51. The maximum atomic E-state index is 10.3. The van der Waals surface area contributed by atoms with Gasteiger partial charge in [0.2, 0.25) is 0 Å². The van der Waals surface area contributed by atoms with E-state index in [9.17, 15) is 25.5 Å². The van der Waals surface area contributed by atoms with Crippen molar-refractivity contribution in [2.24, 2.45) is 5.92 Å². The number of ether oxygens (including phenoxy) is 3. The molecule has 0 spiro atoms. The molecule has 4 fully saturated rings. The molecule has 3 aliphatic heterocycles. The lowest BCUT2D eigenvalue weighted by Crippen LogP contribution is -2.68. The van der Waals surface area contributed by atoms with Crippen LogP contribution in [0.5, 0.6) is 0 Å². The van der Waals surface area contributed by atoms with Crippen LogP contribution in [0.1, 0.15) is 33.6 Å². The molecule has 0 amide bonds. The Balaban J connectivity index is 1.75. The summed E-state index contributed by atoms with van der Waals surface area (Å²) < 4.78 is 17.4. The summed E-state index contributed by atoms with van der Waals surface area (Å²) in [6.45, 7) is 5.21. The van der Waals surface area contributed by atoms with Gasteiger partial charge in [-0.2, -0.15) is 0 Å². The lowest BCUT2D eigenvalue weighted by Gasteiger charge is -2.59. The molecule has 2 bridgehead atoms. The van der Waals surface area contributed by atoms with Gasteiger partial charge in [-0.25, -0.2) is 0 Å². The smallest absolute Gasteiger partial charge is 0.187 e. The fraction of sp³-hybridized carbons (Fsp3) is 1.00. The van der Waals surface area contributed by atoms with Crippen LogP contribution >= 0.6 is 0 Å². The van der Waals surface area contributed by atoms with Crippen LogP contribution in [0.2, 0.25) is 0 Å². The van der Waals surface area contributed by atoms with Gasteiger partial charge in [0.05, 0.1) is 30.0 Å². The van der Waals surface area contributed by atoms with Gasteiger partial charge in [-0.1, -0.05) is 0 Å². The predicted octanol–water partition coefficient (Wildman–Crippen LogP) is -1.49. The molecular weight excluding hydrogens is 320 g/mol. The van der Waals surface area contributed by atoms with E-state index in [2.05, 4.69) is 0 Å². The number of aliphatic hydroxyl groups is 5. The Morgan fingerprint density at radius 1 is 1.04 bits per heavy atom. The summed E-state index contributed by atoms with van der Waals surface area (Å²) in [4.78, 5) is 0. The SMILES string of the molecule is CC1(C)O[C@@]2(C)C[C@@H](O)[C@@H]1C[C@H]2O[C@@H]1O[C@H](CO)[C@@H](O)[C@H](O)[C@H]1O. The molecule has 0 aromatic carbocycles. The molecule has 140 valence electrons. The van der Waals surface area contributed by atoms with E-state index in [-0.39, 0.29) is 5.92 Å². The highest BCUT2D eigenvalue weighted by atomic mass is 16.7. The number of fused-ring (bicyclic) bond motifs is 3. The van der Waals surface area contributed by atoms with Gasteiger partial charge in [0, 0.05) is 12.3 Å². The number of rotatable bonds is 3. The zero-order valence-corrected chi connectivity index (χ0v) is 14.2. The molecular formula is C16H28O8. The van der Waals surface area contributed by atoms with Gasteiger partial charge in [-0.05, 0) is 27.2 Å². The largest absolute Gasteiger partial charge is 0.394 e. The summed E-state index contributed by atoms with van der Waals surface area (Å²) in [6.07, 6.45) is -6.53. The number of aliphatic hydroxyl groups excluding tert-OH is 5. The van der Waals surface area contributed by atoms with Crippen molar-refractivity contribution in [2.75, 3.05) is 6.61 Å². The maximum Gasteiger partial charge on any atom is 0.187 e. The second kappa shape index (κ2) is 6.14. The number of hydrogen-bond acceptors (Lipinski definition) is 8. The molecule has 3 saturated heterocycles. The fourth-order valence-electron chi connectivity index (χ4n) is 4.40. The molecule has 1 saturated carbocycles. The zero-order chi connectivity index (χ0) is 17.9. The Labute approximate surface area is 141 Å². The summed E-state index contributed by atoms with van der Waals surface area (Å²) in [6, 6.07) is 0. The quantitative estimate of drug-likeness (QED) is 0.417. The molecule has 8 nitrogen and oxygen atoms in total. The third-order valence-corrected chi connectivity index (χ3v) is 5.76. The van der Waals surface area contributed by atoms with Crippen LogP contribution < -0.4 is 0 Å². The van der Waals surface area contributed by atoms with Gasteiger partial charge in [0.25, 0.3) is 0 Å². The van der Waals surface area contributed by atoms with Crippen LogP contribution in [0.4, 0.5) is 0 Å². The van der Waals surface area contributed by atoms with Crippen molar-refractivity contribution in [3.05, 3.63) is 0 Å². The van der Waals surface area contributed by atoms with Crippen molar-refractivity contribution >= 4 is 0 Å². The van der Waals surface area contributed by atoms with Gasteiger partial charge in [-0.15, -0.1) is 0 Å². The lowest BCUT2D eigenvalue weighted by atomic mass is 9.65. The first-order chi connectivity index (χ1) is 11.1. The van der Waals surface area contributed by atoms with E-state index in [1.807, 2.05) is 20.8 Å². The van der Waals surface area contributed by atoms with Gasteiger partial charge in [0.1, 0.15) is 24.4 Å². The first-order valence-electron chi connectivity index (χ1n) is 8.43. The second-order valence-electron chi connectivity index (χ2n) is 7.95. The van der Waals surface area contributed by atoms with Crippen LogP contribution in [-0.4, -0.2) is 86.3 Å². The summed E-state index contributed by atoms with van der Waals surface area (Å²) in [5.41, 5.74) is -1.24. The van der Waals surface area contributed by atoms with Crippen molar-refractivity contribution in [1.82, 2.24) is 0 Å². The Kier molecular flexibility index (Phi) is 4.72. The van der Waals surface area contributed by atoms with Crippen LogP contribution in [0.3, 0.4) is 0 Å². The third kappa shape index (κ3) is 2.89. The molecule has 3 heterocycles. The van der Waals surface area contributed by atoms with E-state index in [0.717, 1.165) is 0 Å². The van der Waals surface area contributed by atoms with Gasteiger partial charge in [0.15, 0.2) is 6.29 Å². The highest BCUT2D eigenvalue weighted by molar-refractivity contribution is 5.08. The Bertz CT molecular complexity index is 469. The van der Waals surface area contributed by atoms with Crippen molar-refractivity contribution in [1.29, 1.82) is 0 Å². The van der Waals surface area contributed by atoms with Crippen LogP contribution in [-0.2, 0) is 14.2 Å². The molecule has 5 N–H and O–H groups in total. The average Bonchev–Trinajstić information content (AvgIpc) is 2.47. The van der Waals surface area contributed by atoms with Gasteiger partial charge in [-0.3, -0.25) is 0 Å². The van der Waals surface area contributed by atoms with Crippen LogP contribution in [0.25, 0.3) is 0 Å². The summed E-state index contributed by atoms with van der Waals surface area (Å²) in [5.74, 6) is -0.116. The lowest BCUT2D eigenvalue weighted by molar-refractivity contribution is -0.363. The molecule has 9 atom stereocenters. The topological polar surface area (TPSA) is 129 Å². The molecule has 0 unspecified atom stereocenters. The molecule has 0 radical (unpaired) electrons. The highest BCUT2D eigenvalue weighted by Gasteiger charge is 2.59. The summed E-state index contributed by atoms with van der Waals surface area (Å²) in [5, 5.41) is 49.4. The molecule has 0 aromatic heterocycles.